The van der Waals surface area contributed by atoms with Gasteiger partial charge in [0, 0.05) is 33.5 Å². The number of nitrogens with zero attached hydrogens (tertiary/aromatic N) is 2. The van der Waals surface area contributed by atoms with Crippen molar-refractivity contribution in [3.05, 3.63) is 0 Å². The van der Waals surface area contributed by atoms with Gasteiger partial charge < -0.3 is 25.0 Å². The normalized spacial score (nSPS) is 12.6. The van der Waals surface area contributed by atoms with Gasteiger partial charge in [0.05, 0.1) is 12.1 Å². The molecule has 3 amide bonds. The van der Waals surface area contributed by atoms with Crippen molar-refractivity contribution in [3.8, 4) is 0 Å². The lowest BCUT2D eigenvalue weighted by Crippen LogP contribution is -2.52. The van der Waals surface area contributed by atoms with E-state index in [1.54, 1.807) is 20.9 Å². The molecule has 2 N–H and O–H groups in total. The van der Waals surface area contributed by atoms with Gasteiger partial charge in [0.15, 0.2) is 0 Å². The van der Waals surface area contributed by atoms with E-state index < -0.39 is 17.6 Å². The summed E-state index contributed by atoms with van der Waals surface area (Å²) in [6.45, 7) is 7.87. The molecule has 0 fully saturated rings. The predicted octanol–water partition coefficient (Wildman–Crippen LogP) is 0.737. The molecule has 0 unspecified atom stereocenters. The van der Waals surface area contributed by atoms with Crippen molar-refractivity contribution >= 4 is 17.7 Å². The molecule has 25 heavy (non-hydrogen) atoms. The molecule has 0 aromatic carbocycles. The van der Waals surface area contributed by atoms with Crippen molar-refractivity contribution in [1.29, 1.82) is 0 Å². The molecular formula is C17H33N3O5. The number of hydrogen-bond donors (Lipinski definition) is 1. The Morgan fingerprint density at radius 3 is 2.20 bits per heavy atom. The molecule has 8 nitrogen and oxygen atoms in total. The fourth-order valence-corrected chi connectivity index (χ4v) is 2.22. The van der Waals surface area contributed by atoms with Gasteiger partial charge >= 0.3 is 0 Å². The SMILES string of the molecule is CCCC(=O)N(C)CC(=O)N(C)[C@@H](CC(C)(C)OCOCC)C(N)=O. The van der Waals surface area contributed by atoms with Crippen molar-refractivity contribution in [2.45, 2.75) is 58.6 Å². The Hall–Kier alpha value is -1.67. The highest BCUT2D eigenvalue weighted by molar-refractivity contribution is 5.89. The lowest BCUT2D eigenvalue weighted by molar-refractivity contribution is -0.151. The maximum atomic E-state index is 12.4. The summed E-state index contributed by atoms with van der Waals surface area (Å²) in [5.41, 5.74) is 4.77. The van der Waals surface area contributed by atoms with E-state index in [0.717, 1.165) is 0 Å². The third-order valence-corrected chi connectivity index (χ3v) is 3.87. The summed E-state index contributed by atoms with van der Waals surface area (Å²) in [6, 6.07) is -0.834. The van der Waals surface area contributed by atoms with Crippen molar-refractivity contribution in [2.24, 2.45) is 5.73 Å². The second-order valence-corrected chi connectivity index (χ2v) is 6.64. The highest BCUT2D eigenvalue weighted by Crippen LogP contribution is 2.20. The fraction of sp³-hybridized carbons (Fsp3) is 0.824. The molecule has 0 aliphatic carbocycles. The van der Waals surface area contributed by atoms with Crippen LogP contribution in [-0.2, 0) is 23.9 Å². The lowest BCUT2D eigenvalue weighted by Gasteiger charge is -2.34. The number of carbonyl (C=O) groups excluding carboxylic acids is 3. The molecule has 0 rings (SSSR count). The molecule has 0 saturated carbocycles. The summed E-state index contributed by atoms with van der Waals surface area (Å²) in [5.74, 6) is -1.08. The number of nitrogens with two attached hydrogens (primary N) is 1. The Kier molecular flexibility index (Phi) is 10.3. The minimum absolute atomic E-state index is 0.0979. The molecule has 0 heterocycles. The van der Waals surface area contributed by atoms with Crippen LogP contribution in [0.15, 0.2) is 0 Å². The van der Waals surface area contributed by atoms with Gasteiger partial charge in [-0.2, -0.15) is 0 Å². The first-order chi connectivity index (χ1) is 11.6. The maximum absolute atomic E-state index is 12.4. The van der Waals surface area contributed by atoms with Crippen LogP contribution in [0.4, 0.5) is 0 Å². The number of likely N-dealkylation sites (N-methyl/N-ethyl adjacent to an activating group) is 2. The predicted molar refractivity (Wildman–Crippen MR) is 94.6 cm³/mol. The highest BCUT2D eigenvalue weighted by atomic mass is 16.7. The standard InChI is InChI=1S/C17H33N3O5/c1-7-9-14(21)19(5)11-15(22)20(6)13(16(18)23)10-17(3,4)25-12-24-8-2/h13H,7-12H2,1-6H3,(H2,18,23)/t13-/m0/s1. The molecule has 146 valence electrons. The van der Waals surface area contributed by atoms with E-state index in [-0.39, 0.29) is 31.6 Å². The first-order valence-corrected chi connectivity index (χ1v) is 8.56. The molecular weight excluding hydrogens is 326 g/mol. The van der Waals surface area contributed by atoms with Crippen molar-refractivity contribution in [1.82, 2.24) is 9.80 Å². The molecule has 0 aromatic heterocycles. The monoisotopic (exact) mass is 359 g/mol. The molecule has 0 aliphatic rings. The zero-order valence-corrected chi connectivity index (χ0v) is 16.3. The maximum Gasteiger partial charge on any atom is 0.242 e. The van der Waals surface area contributed by atoms with E-state index in [9.17, 15) is 14.4 Å². The summed E-state index contributed by atoms with van der Waals surface area (Å²) in [7, 11) is 3.08. The second-order valence-electron chi connectivity index (χ2n) is 6.64. The van der Waals surface area contributed by atoms with Gasteiger partial charge in [-0.25, -0.2) is 0 Å². The van der Waals surface area contributed by atoms with Crippen molar-refractivity contribution in [2.75, 3.05) is 34.0 Å². The van der Waals surface area contributed by atoms with Crippen LogP contribution in [0.25, 0.3) is 0 Å². The molecule has 0 spiro atoms. The van der Waals surface area contributed by atoms with Gasteiger partial charge in [0.1, 0.15) is 12.8 Å². The van der Waals surface area contributed by atoms with Crippen LogP contribution >= 0.6 is 0 Å². The number of carbonyl (C=O) groups is 3. The van der Waals surface area contributed by atoms with E-state index in [1.165, 1.54) is 16.8 Å². The first kappa shape index (κ1) is 23.3. The molecule has 1 atom stereocenters. The molecule has 0 bridgehead atoms. The smallest absolute Gasteiger partial charge is 0.242 e. The van der Waals surface area contributed by atoms with Gasteiger partial charge in [0.2, 0.25) is 17.7 Å². The van der Waals surface area contributed by atoms with Crippen molar-refractivity contribution in [3.63, 3.8) is 0 Å². The molecule has 0 radical (unpaired) electrons. The van der Waals surface area contributed by atoms with Crippen LogP contribution in [-0.4, -0.2) is 73.2 Å². The minimum Gasteiger partial charge on any atom is -0.368 e. The Bertz CT molecular complexity index is 454. The Morgan fingerprint density at radius 1 is 1.12 bits per heavy atom. The summed E-state index contributed by atoms with van der Waals surface area (Å²) < 4.78 is 10.8. The minimum atomic E-state index is -0.834. The summed E-state index contributed by atoms with van der Waals surface area (Å²) >= 11 is 0. The van der Waals surface area contributed by atoms with Gasteiger partial charge in [-0.3, -0.25) is 14.4 Å². The van der Waals surface area contributed by atoms with Gasteiger partial charge in [-0.1, -0.05) is 6.92 Å². The average molecular weight is 359 g/mol. The largest absolute Gasteiger partial charge is 0.368 e. The zero-order valence-electron chi connectivity index (χ0n) is 16.3. The molecule has 0 aliphatic heterocycles. The first-order valence-electron chi connectivity index (χ1n) is 8.56. The van der Waals surface area contributed by atoms with Crippen LogP contribution in [0.2, 0.25) is 0 Å². The summed E-state index contributed by atoms with van der Waals surface area (Å²) in [5, 5.41) is 0. The number of hydrogen-bond acceptors (Lipinski definition) is 5. The molecule has 0 aromatic rings. The summed E-state index contributed by atoms with van der Waals surface area (Å²) in [6.07, 6.45) is 1.32. The Balaban J connectivity index is 4.87. The number of amides is 3. The van der Waals surface area contributed by atoms with E-state index in [0.29, 0.717) is 19.4 Å². The van der Waals surface area contributed by atoms with Gasteiger partial charge in [0.25, 0.3) is 0 Å². The number of rotatable bonds is 12. The zero-order chi connectivity index (χ0) is 19.6. The number of ether oxygens (including phenoxy) is 2. The second kappa shape index (κ2) is 11.0. The molecule has 8 heteroatoms. The fourth-order valence-electron chi connectivity index (χ4n) is 2.22. The third-order valence-electron chi connectivity index (χ3n) is 3.87. The van der Waals surface area contributed by atoms with Gasteiger partial charge in [-0.15, -0.1) is 0 Å². The van der Waals surface area contributed by atoms with Gasteiger partial charge in [-0.05, 0) is 27.2 Å². The van der Waals surface area contributed by atoms with E-state index in [2.05, 4.69) is 0 Å². The lowest BCUT2D eigenvalue weighted by atomic mass is 9.97. The third kappa shape index (κ3) is 8.83. The van der Waals surface area contributed by atoms with Crippen LogP contribution < -0.4 is 5.73 Å². The van der Waals surface area contributed by atoms with Crippen LogP contribution in [0, 0.1) is 0 Å². The molecule has 0 saturated heterocycles. The van der Waals surface area contributed by atoms with E-state index in [4.69, 9.17) is 15.2 Å². The van der Waals surface area contributed by atoms with E-state index in [1.807, 2.05) is 13.8 Å². The van der Waals surface area contributed by atoms with Crippen LogP contribution in [0.3, 0.4) is 0 Å². The average Bonchev–Trinajstić information content (AvgIpc) is 2.52. The Morgan fingerprint density at radius 2 is 1.72 bits per heavy atom. The topological polar surface area (TPSA) is 102 Å². The Labute approximate surface area is 150 Å². The van der Waals surface area contributed by atoms with Crippen LogP contribution in [0.5, 0.6) is 0 Å². The summed E-state index contributed by atoms with van der Waals surface area (Å²) in [4.78, 5) is 38.7. The van der Waals surface area contributed by atoms with Crippen LogP contribution in [0.1, 0.15) is 47.0 Å². The number of primary amides is 1. The van der Waals surface area contributed by atoms with Crippen molar-refractivity contribution < 1.29 is 23.9 Å². The highest BCUT2D eigenvalue weighted by Gasteiger charge is 2.33. The quantitative estimate of drug-likeness (QED) is 0.409. The van der Waals surface area contributed by atoms with E-state index >= 15 is 0 Å².